The molecule has 0 bridgehead atoms. The lowest BCUT2D eigenvalue weighted by molar-refractivity contribution is -0.137. The first-order valence-corrected chi connectivity index (χ1v) is 9.47. The third-order valence-electron chi connectivity index (χ3n) is 4.83. The van der Waals surface area contributed by atoms with Crippen LogP contribution in [0.4, 0.5) is 5.69 Å². The van der Waals surface area contributed by atoms with Crippen LogP contribution < -0.4 is 5.32 Å². The summed E-state index contributed by atoms with van der Waals surface area (Å²) in [6, 6.07) is 23.3. The molecule has 3 aromatic carbocycles. The molecule has 1 N–H and O–H groups in total. The molecule has 0 spiro atoms. The zero-order valence-electron chi connectivity index (χ0n) is 16.0. The molecule has 0 fully saturated rings. The highest BCUT2D eigenvalue weighted by atomic mass is 16.2. The van der Waals surface area contributed by atoms with Crippen molar-refractivity contribution in [2.45, 2.75) is 13.8 Å². The van der Waals surface area contributed by atoms with Gasteiger partial charge < -0.3 is 5.32 Å². The lowest BCUT2D eigenvalue weighted by atomic mass is 10.0. The molecule has 0 radical (unpaired) electrons. The first-order chi connectivity index (χ1) is 13.6. The van der Waals surface area contributed by atoms with Crippen molar-refractivity contribution in [2.24, 2.45) is 5.92 Å². The van der Waals surface area contributed by atoms with E-state index in [-0.39, 0.29) is 17.7 Å². The van der Waals surface area contributed by atoms with Crippen LogP contribution in [-0.2, 0) is 9.59 Å². The van der Waals surface area contributed by atoms with Gasteiger partial charge in [0.1, 0.15) is 5.70 Å². The lowest BCUT2D eigenvalue weighted by Gasteiger charge is -2.17. The summed E-state index contributed by atoms with van der Waals surface area (Å²) < 4.78 is 0. The molecule has 1 heterocycles. The summed E-state index contributed by atoms with van der Waals surface area (Å²) in [4.78, 5) is 27.6. The van der Waals surface area contributed by atoms with Crippen LogP contribution in [-0.4, -0.2) is 23.3 Å². The molecule has 4 nitrogen and oxygen atoms in total. The number of carbonyl (C=O) groups excluding carboxylic acids is 2. The largest absolute Gasteiger partial charge is 0.350 e. The van der Waals surface area contributed by atoms with Gasteiger partial charge in [-0.1, -0.05) is 80.6 Å². The average molecular weight is 370 g/mol. The smallest absolute Gasteiger partial charge is 0.278 e. The number of amides is 2. The van der Waals surface area contributed by atoms with Gasteiger partial charge in [-0.15, -0.1) is 0 Å². The van der Waals surface area contributed by atoms with E-state index in [2.05, 4.69) is 5.32 Å². The molecule has 4 rings (SSSR count). The number of rotatable bonds is 5. The van der Waals surface area contributed by atoms with E-state index in [1.165, 1.54) is 4.90 Å². The second-order valence-corrected chi connectivity index (χ2v) is 7.38. The zero-order chi connectivity index (χ0) is 19.7. The van der Waals surface area contributed by atoms with E-state index in [0.29, 0.717) is 17.8 Å². The fourth-order valence-corrected chi connectivity index (χ4v) is 3.56. The maximum absolute atomic E-state index is 13.2. The van der Waals surface area contributed by atoms with Crippen molar-refractivity contribution in [3.8, 4) is 0 Å². The van der Waals surface area contributed by atoms with Crippen molar-refractivity contribution in [1.82, 2.24) is 4.90 Å². The van der Waals surface area contributed by atoms with Gasteiger partial charge >= 0.3 is 0 Å². The van der Waals surface area contributed by atoms with Crippen LogP contribution in [0.15, 0.2) is 78.5 Å². The van der Waals surface area contributed by atoms with Crippen molar-refractivity contribution >= 4 is 33.8 Å². The Labute approximate surface area is 164 Å². The van der Waals surface area contributed by atoms with E-state index in [1.807, 2.05) is 86.6 Å². The average Bonchev–Trinajstić information content (AvgIpc) is 2.93. The monoisotopic (exact) mass is 370 g/mol. The van der Waals surface area contributed by atoms with Crippen molar-refractivity contribution in [3.05, 3.63) is 84.1 Å². The molecular formula is C24H22N2O2. The predicted molar refractivity (Wildman–Crippen MR) is 112 cm³/mol. The summed E-state index contributed by atoms with van der Waals surface area (Å²) in [7, 11) is 0. The molecule has 3 aromatic rings. The number of nitrogens with zero attached hydrogens (tertiary/aromatic N) is 1. The van der Waals surface area contributed by atoms with Gasteiger partial charge in [0.05, 0.1) is 5.57 Å². The van der Waals surface area contributed by atoms with E-state index in [4.69, 9.17) is 0 Å². The van der Waals surface area contributed by atoms with Crippen LogP contribution in [0.3, 0.4) is 0 Å². The standard InChI is InChI=1S/C24H22N2O2/c1-16(2)15-26-23(27)21(18-10-4-3-5-11-18)22(24(26)28)25-20-14-8-12-17-9-6-7-13-19(17)20/h3-14,16,25H,15H2,1-2H3. The van der Waals surface area contributed by atoms with Gasteiger partial charge in [0.2, 0.25) is 0 Å². The summed E-state index contributed by atoms with van der Waals surface area (Å²) in [6.07, 6.45) is 0. The first kappa shape index (κ1) is 18.0. The molecule has 0 aliphatic carbocycles. The third kappa shape index (κ3) is 3.18. The Morgan fingerprint density at radius 1 is 0.821 bits per heavy atom. The number of benzene rings is 3. The molecule has 0 saturated heterocycles. The highest BCUT2D eigenvalue weighted by molar-refractivity contribution is 6.36. The van der Waals surface area contributed by atoms with Crippen LogP contribution >= 0.6 is 0 Å². The molecule has 0 aromatic heterocycles. The molecule has 1 aliphatic heterocycles. The maximum atomic E-state index is 13.2. The highest BCUT2D eigenvalue weighted by Crippen LogP contribution is 2.33. The van der Waals surface area contributed by atoms with E-state index in [9.17, 15) is 9.59 Å². The Morgan fingerprint density at radius 2 is 1.50 bits per heavy atom. The highest BCUT2D eigenvalue weighted by Gasteiger charge is 2.39. The van der Waals surface area contributed by atoms with Crippen LogP contribution in [0.5, 0.6) is 0 Å². The maximum Gasteiger partial charge on any atom is 0.278 e. The summed E-state index contributed by atoms with van der Waals surface area (Å²) in [5.74, 6) is -0.319. The molecule has 4 heteroatoms. The van der Waals surface area contributed by atoms with Gasteiger partial charge in [-0.3, -0.25) is 14.5 Å². The van der Waals surface area contributed by atoms with Gasteiger partial charge in [0.25, 0.3) is 11.8 Å². The van der Waals surface area contributed by atoms with Gasteiger partial charge in [-0.05, 0) is 22.9 Å². The van der Waals surface area contributed by atoms with Gasteiger partial charge in [-0.25, -0.2) is 0 Å². The minimum Gasteiger partial charge on any atom is -0.350 e. The first-order valence-electron chi connectivity index (χ1n) is 9.47. The topological polar surface area (TPSA) is 49.4 Å². The van der Waals surface area contributed by atoms with Gasteiger partial charge in [0, 0.05) is 17.6 Å². The van der Waals surface area contributed by atoms with Gasteiger partial charge in [0.15, 0.2) is 0 Å². The SMILES string of the molecule is CC(C)CN1C(=O)C(Nc2cccc3ccccc23)=C(c2ccccc2)C1=O. The Balaban J connectivity index is 1.83. The van der Waals surface area contributed by atoms with Crippen LogP contribution in [0, 0.1) is 5.92 Å². The number of hydrogen-bond acceptors (Lipinski definition) is 3. The summed E-state index contributed by atoms with van der Waals surface area (Å²) in [5.41, 5.74) is 2.33. The lowest BCUT2D eigenvalue weighted by Crippen LogP contribution is -2.35. The van der Waals surface area contributed by atoms with Crippen LogP contribution in [0.2, 0.25) is 0 Å². The Morgan fingerprint density at radius 3 is 2.25 bits per heavy atom. The van der Waals surface area contributed by atoms with E-state index in [1.54, 1.807) is 0 Å². The quantitative estimate of drug-likeness (QED) is 0.663. The molecule has 2 amide bonds. The third-order valence-corrected chi connectivity index (χ3v) is 4.83. The van der Waals surface area contributed by atoms with E-state index < -0.39 is 0 Å². The van der Waals surface area contributed by atoms with Crippen molar-refractivity contribution in [1.29, 1.82) is 0 Å². The molecule has 0 unspecified atom stereocenters. The Hall–Kier alpha value is -3.40. The minimum absolute atomic E-state index is 0.196. The van der Waals surface area contributed by atoms with Crippen molar-refractivity contribution < 1.29 is 9.59 Å². The molecule has 0 saturated carbocycles. The molecule has 28 heavy (non-hydrogen) atoms. The molecule has 140 valence electrons. The number of hydrogen-bond donors (Lipinski definition) is 1. The predicted octanol–water partition coefficient (Wildman–Crippen LogP) is 4.69. The Bertz CT molecular complexity index is 1080. The summed E-state index contributed by atoms with van der Waals surface area (Å²) in [6.45, 7) is 4.40. The molecule has 0 atom stereocenters. The Kier molecular flexibility index (Phi) is 4.70. The number of carbonyl (C=O) groups is 2. The number of imide groups is 1. The second kappa shape index (κ2) is 7.31. The number of anilines is 1. The number of nitrogens with one attached hydrogen (secondary N) is 1. The normalized spacial score (nSPS) is 14.5. The second-order valence-electron chi connectivity index (χ2n) is 7.38. The zero-order valence-corrected chi connectivity index (χ0v) is 16.0. The minimum atomic E-state index is -0.273. The van der Waals surface area contributed by atoms with E-state index >= 15 is 0 Å². The van der Waals surface area contributed by atoms with E-state index in [0.717, 1.165) is 22.0 Å². The summed E-state index contributed by atoms with van der Waals surface area (Å²) in [5, 5.41) is 5.36. The van der Waals surface area contributed by atoms with Crippen LogP contribution in [0.25, 0.3) is 16.3 Å². The van der Waals surface area contributed by atoms with Gasteiger partial charge in [-0.2, -0.15) is 0 Å². The molecular weight excluding hydrogens is 348 g/mol. The fraction of sp³-hybridized carbons (Fsp3) is 0.167. The number of fused-ring (bicyclic) bond motifs is 1. The summed E-state index contributed by atoms with van der Waals surface area (Å²) >= 11 is 0. The van der Waals surface area contributed by atoms with Crippen molar-refractivity contribution in [3.63, 3.8) is 0 Å². The van der Waals surface area contributed by atoms with Crippen molar-refractivity contribution in [2.75, 3.05) is 11.9 Å². The fourth-order valence-electron chi connectivity index (χ4n) is 3.56. The molecule has 1 aliphatic rings. The van der Waals surface area contributed by atoms with Crippen LogP contribution in [0.1, 0.15) is 19.4 Å².